The Labute approximate surface area is 158 Å². The molecular formula is C14H28N3O5PS2. The second-order valence-electron chi connectivity index (χ2n) is 7.27. The van der Waals surface area contributed by atoms with Gasteiger partial charge >= 0.3 is 13.8 Å². The van der Waals surface area contributed by atoms with Crippen molar-refractivity contribution in [3.8, 4) is 0 Å². The molecule has 0 aromatic rings. The first-order valence-corrected chi connectivity index (χ1v) is 11.4. The fraction of sp³-hybridized carbons (Fsp3) is 0.857. The van der Waals surface area contributed by atoms with Crippen LogP contribution in [0.25, 0.3) is 0 Å². The van der Waals surface area contributed by atoms with Gasteiger partial charge < -0.3 is 5.32 Å². The van der Waals surface area contributed by atoms with Crippen molar-refractivity contribution < 1.29 is 23.2 Å². The number of rotatable bonds is 5. The zero-order valence-corrected chi connectivity index (χ0v) is 18.3. The van der Waals surface area contributed by atoms with Crippen LogP contribution in [0.4, 0.5) is 4.79 Å². The molecule has 0 atom stereocenters. The molecule has 11 heteroatoms. The Morgan fingerprint density at radius 3 is 2.40 bits per heavy atom. The molecule has 146 valence electrons. The van der Waals surface area contributed by atoms with Crippen molar-refractivity contribution in [2.24, 2.45) is 10.6 Å². The van der Waals surface area contributed by atoms with Crippen molar-refractivity contribution in [2.45, 2.75) is 47.1 Å². The predicted octanol–water partition coefficient (Wildman–Crippen LogP) is 4.30. The van der Waals surface area contributed by atoms with Crippen LogP contribution in [0.1, 0.15) is 41.5 Å². The van der Waals surface area contributed by atoms with Crippen molar-refractivity contribution in [1.29, 1.82) is 0 Å². The molecule has 1 saturated heterocycles. The second kappa shape index (κ2) is 9.10. The summed E-state index contributed by atoms with van der Waals surface area (Å²) in [6, 6.07) is 0. The molecule has 0 saturated carbocycles. The Bertz CT molecular complexity index is 537. The van der Waals surface area contributed by atoms with Crippen LogP contribution in [-0.4, -0.2) is 46.1 Å². The van der Waals surface area contributed by atoms with Crippen molar-refractivity contribution in [3.63, 3.8) is 0 Å². The molecule has 0 spiro atoms. The quantitative estimate of drug-likeness (QED) is 0.136. The van der Waals surface area contributed by atoms with E-state index >= 15 is 0 Å². The van der Waals surface area contributed by atoms with Crippen LogP contribution < -0.4 is 5.32 Å². The van der Waals surface area contributed by atoms with Crippen LogP contribution >= 0.6 is 31.5 Å². The second-order valence-corrected chi connectivity index (χ2v) is 11.3. The number of hydrogen-bond acceptors (Lipinski definition) is 8. The number of hydrogen-bond donors (Lipinski definition) is 1. The van der Waals surface area contributed by atoms with Gasteiger partial charge in [0, 0.05) is 11.0 Å². The van der Waals surface area contributed by atoms with Gasteiger partial charge in [0.25, 0.3) is 0 Å². The molecule has 0 radical (unpaired) electrons. The van der Waals surface area contributed by atoms with E-state index in [2.05, 4.69) is 10.5 Å². The molecule has 1 N–H and O–H groups in total. The first-order chi connectivity index (χ1) is 11.4. The number of amides is 1. The SMILES string of the molecule is CSC(C)=NOC(=O)NCSN(C(C)(C)C)P1(=O)OCC(C)(C)CO1. The summed E-state index contributed by atoms with van der Waals surface area (Å²) in [5.74, 6) is 0.143. The lowest BCUT2D eigenvalue weighted by molar-refractivity contribution is 0.0240. The molecule has 0 aromatic carbocycles. The summed E-state index contributed by atoms with van der Waals surface area (Å²) < 4.78 is 25.8. The van der Waals surface area contributed by atoms with E-state index < -0.39 is 19.4 Å². The molecule has 1 amide bonds. The highest BCUT2D eigenvalue weighted by Gasteiger charge is 2.46. The Balaban J connectivity index is 2.64. The van der Waals surface area contributed by atoms with E-state index in [9.17, 15) is 9.36 Å². The zero-order valence-electron chi connectivity index (χ0n) is 15.8. The van der Waals surface area contributed by atoms with Gasteiger partial charge in [-0.15, -0.1) is 15.8 Å². The number of carbonyl (C=O) groups excluding carboxylic acids is 1. The summed E-state index contributed by atoms with van der Waals surface area (Å²) in [4.78, 5) is 16.3. The van der Waals surface area contributed by atoms with Gasteiger partial charge in [-0.3, -0.25) is 13.9 Å². The zero-order chi connectivity index (χ0) is 19.3. The molecule has 1 aliphatic heterocycles. The normalized spacial score (nSPS) is 20.4. The Kier molecular flexibility index (Phi) is 8.30. The highest BCUT2D eigenvalue weighted by molar-refractivity contribution is 8.13. The molecule has 1 rings (SSSR count). The average molecular weight is 414 g/mol. The van der Waals surface area contributed by atoms with E-state index in [1.807, 2.05) is 40.9 Å². The van der Waals surface area contributed by atoms with Gasteiger partial charge in [-0.05, 0) is 45.9 Å². The minimum absolute atomic E-state index is 0.143. The van der Waals surface area contributed by atoms with Crippen LogP contribution in [0.5, 0.6) is 0 Å². The Hall–Kier alpha value is -0.250. The molecule has 1 heterocycles. The predicted molar refractivity (Wildman–Crippen MR) is 104 cm³/mol. The summed E-state index contributed by atoms with van der Waals surface area (Å²) in [6.45, 7) is 12.1. The molecule has 0 bridgehead atoms. The number of carbonyl (C=O) groups is 1. The van der Waals surface area contributed by atoms with E-state index in [1.165, 1.54) is 11.8 Å². The minimum Gasteiger partial charge on any atom is -0.309 e. The first kappa shape index (κ1) is 22.8. The first-order valence-electron chi connectivity index (χ1n) is 7.76. The monoisotopic (exact) mass is 413 g/mol. The van der Waals surface area contributed by atoms with Gasteiger partial charge in [0.05, 0.1) is 19.1 Å². The van der Waals surface area contributed by atoms with Gasteiger partial charge in [0.1, 0.15) is 5.04 Å². The largest absolute Gasteiger partial charge is 0.434 e. The lowest BCUT2D eigenvalue weighted by atomic mass is 9.97. The van der Waals surface area contributed by atoms with Crippen LogP contribution in [-0.2, 0) is 18.5 Å². The van der Waals surface area contributed by atoms with E-state index in [-0.39, 0.29) is 11.3 Å². The molecular weight excluding hydrogens is 385 g/mol. The lowest BCUT2D eigenvalue weighted by Gasteiger charge is -2.42. The highest BCUT2D eigenvalue weighted by Crippen LogP contribution is 2.62. The van der Waals surface area contributed by atoms with Gasteiger partial charge in [0.15, 0.2) is 0 Å². The maximum atomic E-state index is 13.1. The molecule has 0 aromatic heterocycles. The van der Waals surface area contributed by atoms with Gasteiger partial charge in [-0.25, -0.2) is 9.36 Å². The van der Waals surface area contributed by atoms with Gasteiger partial charge in [-0.2, -0.15) is 0 Å². The Morgan fingerprint density at radius 2 is 1.92 bits per heavy atom. The summed E-state index contributed by atoms with van der Waals surface area (Å²) >= 11 is 2.54. The van der Waals surface area contributed by atoms with Crippen molar-refractivity contribution in [3.05, 3.63) is 0 Å². The lowest BCUT2D eigenvalue weighted by Crippen LogP contribution is -2.40. The van der Waals surface area contributed by atoms with E-state index in [0.717, 1.165) is 11.9 Å². The van der Waals surface area contributed by atoms with Crippen molar-refractivity contribution >= 4 is 42.6 Å². The van der Waals surface area contributed by atoms with Gasteiger partial charge in [0.2, 0.25) is 0 Å². The fourth-order valence-electron chi connectivity index (χ4n) is 1.66. The molecule has 1 aliphatic rings. The van der Waals surface area contributed by atoms with Crippen LogP contribution in [0, 0.1) is 5.41 Å². The van der Waals surface area contributed by atoms with Crippen molar-refractivity contribution in [2.75, 3.05) is 25.3 Å². The topological polar surface area (TPSA) is 89.5 Å². The summed E-state index contributed by atoms with van der Waals surface area (Å²) in [5, 5.41) is 6.83. The van der Waals surface area contributed by atoms with Gasteiger partial charge in [-0.1, -0.05) is 19.0 Å². The molecule has 25 heavy (non-hydrogen) atoms. The third-order valence-corrected chi connectivity index (χ3v) is 7.62. The maximum Gasteiger partial charge on any atom is 0.434 e. The van der Waals surface area contributed by atoms with Crippen LogP contribution in [0.2, 0.25) is 0 Å². The van der Waals surface area contributed by atoms with E-state index in [1.54, 1.807) is 11.0 Å². The third kappa shape index (κ3) is 7.48. The summed E-state index contributed by atoms with van der Waals surface area (Å²) in [7, 11) is -3.45. The number of thioether (sulfide) groups is 1. The number of nitrogens with zero attached hydrogens (tertiary/aromatic N) is 2. The Morgan fingerprint density at radius 1 is 1.36 bits per heavy atom. The van der Waals surface area contributed by atoms with E-state index in [0.29, 0.717) is 18.3 Å². The molecule has 0 unspecified atom stereocenters. The van der Waals surface area contributed by atoms with Crippen LogP contribution in [0.15, 0.2) is 5.16 Å². The van der Waals surface area contributed by atoms with Crippen molar-refractivity contribution in [1.82, 2.24) is 9.39 Å². The third-order valence-electron chi connectivity index (χ3n) is 2.99. The molecule has 8 nitrogen and oxygen atoms in total. The maximum absolute atomic E-state index is 13.1. The standard InChI is InChI=1S/C14H28N3O5PS2/c1-11(24-7)16-22-12(18)15-10-25-17(13(2,3)4)23(19)20-8-14(5,6)9-21-23/h8-10H2,1-7H3,(H,15,18). The molecule has 0 aliphatic carbocycles. The average Bonchev–Trinajstić information content (AvgIpc) is 2.51. The fourth-order valence-corrected chi connectivity index (χ4v) is 5.53. The number of oxime groups is 1. The summed E-state index contributed by atoms with van der Waals surface area (Å²) in [6.07, 6.45) is 1.15. The summed E-state index contributed by atoms with van der Waals surface area (Å²) in [5.41, 5.74) is -0.682. The van der Waals surface area contributed by atoms with Crippen LogP contribution in [0.3, 0.4) is 0 Å². The smallest absolute Gasteiger partial charge is 0.309 e. The highest BCUT2D eigenvalue weighted by atomic mass is 32.2. The number of nitrogens with one attached hydrogen (secondary N) is 1. The molecule has 1 fully saturated rings. The van der Waals surface area contributed by atoms with E-state index in [4.69, 9.17) is 13.9 Å². The minimum atomic E-state index is -3.45.